The molecule has 1 aromatic heterocycles. The molecule has 0 bridgehead atoms. The van der Waals surface area contributed by atoms with Gasteiger partial charge >= 0.3 is 0 Å². The fourth-order valence-electron chi connectivity index (χ4n) is 6.76. The molecule has 6 rings (SSSR count). The van der Waals surface area contributed by atoms with Crippen molar-refractivity contribution in [3.8, 4) is 11.6 Å². The highest BCUT2D eigenvalue weighted by atomic mass is 35.5. The van der Waals surface area contributed by atoms with E-state index in [1.54, 1.807) is 29.2 Å². The van der Waals surface area contributed by atoms with Crippen LogP contribution in [0.4, 0.5) is 5.69 Å². The number of nitrogens with zero attached hydrogens (tertiary/aromatic N) is 2. The standard InChI is InChI=1S/C36H42ClN5O7S/c1-6-21-18-36(21,34(45)41-50(46,47)25-13-14-25)42-20-24(49-33-27-16-22(37)12-15-26(27)29(48-5)19-38-33)17-28(42)31(43)40-32(44)30(35(2,3)4)39-23-10-8-7-9-11-23/h6-12,15-16,19,21,24-25,28,30,39H,1,13-14,17-18,20H2,2-5H3,(H,41,45)(H,40,43,44)/t21-,24-,28+,30+,36-/m1/s1. The third kappa shape index (κ3) is 7.03. The van der Waals surface area contributed by atoms with Crippen molar-refractivity contribution >= 4 is 55.8 Å². The number of fused-ring (bicyclic) bond motifs is 1. The molecule has 2 aliphatic carbocycles. The number of ether oxygens (including phenoxy) is 2. The molecule has 3 N–H and O–H groups in total. The summed E-state index contributed by atoms with van der Waals surface area (Å²) in [6.07, 6.45) is 3.72. The van der Waals surface area contributed by atoms with Crippen molar-refractivity contribution in [1.29, 1.82) is 0 Å². The van der Waals surface area contributed by atoms with Gasteiger partial charge in [0.25, 0.3) is 5.91 Å². The predicted molar refractivity (Wildman–Crippen MR) is 190 cm³/mol. The Kier molecular flexibility index (Phi) is 9.61. The van der Waals surface area contributed by atoms with Crippen LogP contribution in [0.5, 0.6) is 11.6 Å². The lowest BCUT2D eigenvalue weighted by molar-refractivity contribution is -0.136. The average molecular weight is 724 g/mol. The number of carbonyl (C=O) groups is 3. The molecule has 0 spiro atoms. The van der Waals surface area contributed by atoms with Gasteiger partial charge in [-0.2, -0.15) is 0 Å². The average Bonchev–Trinajstić information content (AvgIpc) is 4.00. The van der Waals surface area contributed by atoms with Gasteiger partial charge in [0.15, 0.2) is 0 Å². The SMILES string of the molecule is C=C[C@@H]1C[C@@]1(C(=O)NS(=O)(=O)C1CC1)N1C[C@H](Oc2ncc(OC)c3ccc(Cl)cc23)C[C@H]1C(=O)NC(=O)[C@H](Nc1ccccc1)C(C)(C)C. The van der Waals surface area contributed by atoms with Gasteiger partial charge in [-0.3, -0.25) is 29.3 Å². The maximum absolute atomic E-state index is 14.2. The molecule has 0 unspecified atom stereocenters. The summed E-state index contributed by atoms with van der Waals surface area (Å²) in [5.74, 6) is -1.58. The lowest BCUT2D eigenvalue weighted by Gasteiger charge is -2.34. The van der Waals surface area contributed by atoms with Gasteiger partial charge in [0.2, 0.25) is 27.7 Å². The zero-order valence-corrected chi connectivity index (χ0v) is 30.0. The van der Waals surface area contributed by atoms with Crippen LogP contribution in [0.15, 0.2) is 67.4 Å². The molecule has 5 atom stereocenters. The third-order valence-electron chi connectivity index (χ3n) is 9.67. The highest BCUT2D eigenvalue weighted by molar-refractivity contribution is 7.91. The molecule has 2 heterocycles. The first-order valence-electron chi connectivity index (χ1n) is 16.6. The quantitative estimate of drug-likeness (QED) is 0.229. The summed E-state index contributed by atoms with van der Waals surface area (Å²) < 4.78 is 40.0. The number of imide groups is 1. The number of aromatic nitrogens is 1. The molecular weight excluding hydrogens is 682 g/mol. The second-order valence-electron chi connectivity index (χ2n) is 14.3. The summed E-state index contributed by atoms with van der Waals surface area (Å²) in [4.78, 5) is 48.1. The smallest absolute Gasteiger partial charge is 0.254 e. The van der Waals surface area contributed by atoms with Gasteiger partial charge in [-0.1, -0.05) is 56.6 Å². The summed E-state index contributed by atoms with van der Waals surface area (Å²) >= 11 is 6.34. The molecule has 12 nitrogen and oxygen atoms in total. The van der Waals surface area contributed by atoms with Crippen molar-refractivity contribution in [2.45, 2.75) is 75.4 Å². The van der Waals surface area contributed by atoms with Gasteiger partial charge in [-0.05, 0) is 55.0 Å². The normalized spacial score (nSPS) is 24.2. The van der Waals surface area contributed by atoms with E-state index in [2.05, 4.69) is 26.9 Å². The van der Waals surface area contributed by atoms with Crippen molar-refractivity contribution in [2.75, 3.05) is 19.0 Å². The number of pyridine rings is 1. The van der Waals surface area contributed by atoms with Crippen LogP contribution < -0.4 is 24.8 Å². The Hall–Kier alpha value is -4.20. The van der Waals surface area contributed by atoms with Crippen molar-refractivity contribution in [3.05, 3.63) is 72.4 Å². The number of likely N-dealkylation sites (tertiary alicyclic amines) is 1. The van der Waals surface area contributed by atoms with E-state index in [1.807, 2.05) is 51.1 Å². The second-order valence-corrected chi connectivity index (χ2v) is 16.7. The van der Waals surface area contributed by atoms with E-state index >= 15 is 0 Å². The predicted octanol–water partition coefficient (Wildman–Crippen LogP) is 4.44. The van der Waals surface area contributed by atoms with E-state index in [0.29, 0.717) is 40.1 Å². The van der Waals surface area contributed by atoms with Gasteiger partial charge in [0.05, 0.1) is 24.6 Å². The fraction of sp³-hybridized carbons (Fsp3) is 0.444. The Bertz CT molecular complexity index is 1930. The largest absolute Gasteiger partial charge is 0.494 e. The number of para-hydroxylation sites is 1. The van der Waals surface area contributed by atoms with Crippen LogP contribution in [-0.2, 0) is 24.4 Å². The van der Waals surface area contributed by atoms with E-state index in [9.17, 15) is 22.8 Å². The first kappa shape index (κ1) is 35.6. The summed E-state index contributed by atoms with van der Waals surface area (Å²) in [5, 5.41) is 6.98. The Morgan fingerprint density at radius 1 is 1.12 bits per heavy atom. The molecule has 50 heavy (non-hydrogen) atoms. The van der Waals surface area contributed by atoms with Gasteiger partial charge < -0.3 is 14.8 Å². The number of sulfonamides is 1. The van der Waals surface area contributed by atoms with E-state index in [0.717, 1.165) is 0 Å². The lowest BCUT2D eigenvalue weighted by Crippen LogP contribution is -2.59. The van der Waals surface area contributed by atoms with Crippen molar-refractivity contribution < 1.29 is 32.3 Å². The minimum Gasteiger partial charge on any atom is -0.494 e. The Morgan fingerprint density at radius 3 is 2.46 bits per heavy atom. The summed E-state index contributed by atoms with van der Waals surface area (Å²) in [6, 6.07) is 12.6. The molecule has 14 heteroatoms. The number of hydrogen-bond donors (Lipinski definition) is 3. The van der Waals surface area contributed by atoms with Crippen molar-refractivity contribution in [2.24, 2.45) is 11.3 Å². The molecule has 3 fully saturated rings. The van der Waals surface area contributed by atoms with Crippen LogP contribution >= 0.6 is 11.6 Å². The first-order valence-corrected chi connectivity index (χ1v) is 18.5. The first-order chi connectivity index (χ1) is 23.7. The zero-order chi connectivity index (χ0) is 36.0. The van der Waals surface area contributed by atoms with Gasteiger partial charge in [-0.25, -0.2) is 13.4 Å². The van der Waals surface area contributed by atoms with E-state index in [1.165, 1.54) is 13.3 Å². The molecular formula is C36H42ClN5O7S. The number of rotatable bonds is 12. The zero-order valence-electron chi connectivity index (χ0n) is 28.4. The Labute approximate surface area is 297 Å². The molecule has 0 radical (unpaired) electrons. The topological polar surface area (TPSA) is 156 Å². The number of anilines is 1. The Balaban J connectivity index is 1.32. The monoisotopic (exact) mass is 723 g/mol. The van der Waals surface area contributed by atoms with E-state index in [-0.39, 0.29) is 25.3 Å². The maximum Gasteiger partial charge on any atom is 0.254 e. The molecule has 2 saturated carbocycles. The summed E-state index contributed by atoms with van der Waals surface area (Å²) in [5.41, 5.74) is -1.27. The number of methoxy groups -OCH3 is 1. The summed E-state index contributed by atoms with van der Waals surface area (Å²) in [7, 11) is -2.36. The van der Waals surface area contributed by atoms with E-state index in [4.69, 9.17) is 21.1 Å². The molecule has 3 amide bonds. The number of nitrogens with one attached hydrogen (secondary N) is 3. The van der Waals surface area contributed by atoms with Crippen LogP contribution in [0.3, 0.4) is 0 Å². The molecule has 1 aliphatic heterocycles. The highest BCUT2D eigenvalue weighted by Gasteiger charge is 2.67. The molecule has 3 aliphatic rings. The molecule has 2 aromatic carbocycles. The number of halogens is 1. The molecule has 1 saturated heterocycles. The number of amides is 3. The van der Waals surface area contributed by atoms with Crippen molar-refractivity contribution in [3.63, 3.8) is 0 Å². The number of carbonyl (C=O) groups excluding carboxylic acids is 3. The summed E-state index contributed by atoms with van der Waals surface area (Å²) in [6.45, 7) is 9.62. The van der Waals surface area contributed by atoms with Crippen LogP contribution in [0.2, 0.25) is 5.02 Å². The van der Waals surface area contributed by atoms with Gasteiger partial charge in [-0.15, -0.1) is 6.58 Å². The number of hydrogen-bond acceptors (Lipinski definition) is 10. The lowest BCUT2D eigenvalue weighted by atomic mass is 9.85. The molecule has 3 aromatic rings. The fourth-order valence-corrected chi connectivity index (χ4v) is 8.29. The minimum atomic E-state index is -3.89. The Morgan fingerprint density at radius 2 is 1.84 bits per heavy atom. The number of benzene rings is 2. The minimum absolute atomic E-state index is 0.0637. The maximum atomic E-state index is 14.2. The highest BCUT2D eigenvalue weighted by Crippen LogP contribution is 2.53. The van der Waals surface area contributed by atoms with Gasteiger partial charge in [0, 0.05) is 40.4 Å². The van der Waals surface area contributed by atoms with Gasteiger partial charge in [0.1, 0.15) is 23.4 Å². The second kappa shape index (κ2) is 13.5. The van der Waals surface area contributed by atoms with Crippen LogP contribution in [0, 0.1) is 11.3 Å². The third-order valence-corrected chi connectivity index (χ3v) is 11.7. The van der Waals surface area contributed by atoms with Crippen molar-refractivity contribution in [1.82, 2.24) is 19.9 Å². The van der Waals surface area contributed by atoms with Crippen LogP contribution in [0.1, 0.15) is 46.5 Å². The van der Waals surface area contributed by atoms with Crippen LogP contribution in [-0.4, -0.2) is 78.7 Å². The van der Waals surface area contributed by atoms with Crippen LogP contribution in [0.25, 0.3) is 10.8 Å². The molecule has 266 valence electrons. The van der Waals surface area contributed by atoms with E-state index < -0.39 is 68.1 Å².